The molecule has 0 N–H and O–H groups in total. The normalized spacial score (nSPS) is 10.5. The molecular formula is C11H13NS. The van der Waals surface area contributed by atoms with E-state index in [-0.39, 0.29) is 0 Å². The molecule has 0 saturated heterocycles. The maximum absolute atomic E-state index is 2.31. The highest BCUT2D eigenvalue weighted by atomic mass is 32.1. The van der Waals surface area contributed by atoms with E-state index in [1.165, 1.54) is 17.0 Å². The fraction of sp³-hybridized carbons (Fsp3) is 0.273. The molecule has 1 nitrogen and oxygen atoms in total. The summed E-state index contributed by atoms with van der Waals surface area (Å²) >= 11 is 1.80. The highest BCUT2D eigenvalue weighted by molar-refractivity contribution is 7.13. The van der Waals surface area contributed by atoms with E-state index < -0.39 is 0 Å². The molecule has 0 aliphatic heterocycles. The second-order valence-electron chi connectivity index (χ2n) is 3.06. The first-order chi connectivity index (χ1) is 6.42. The molecule has 0 spiro atoms. The van der Waals surface area contributed by atoms with Gasteiger partial charge >= 0.3 is 0 Å². The van der Waals surface area contributed by atoms with Crippen molar-refractivity contribution in [1.82, 2.24) is 4.57 Å². The van der Waals surface area contributed by atoms with Crippen LogP contribution in [-0.2, 0) is 6.54 Å². The van der Waals surface area contributed by atoms with Crippen LogP contribution in [0, 0.1) is 0 Å². The average molecular weight is 191 g/mol. The zero-order chi connectivity index (χ0) is 9.10. The first kappa shape index (κ1) is 8.57. The highest BCUT2D eigenvalue weighted by Gasteiger charge is 2.02. The first-order valence-electron chi connectivity index (χ1n) is 4.61. The maximum Gasteiger partial charge on any atom is 0.0581 e. The monoisotopic (exact) mass is 191 g/mol. The van der Waals surface area contributed by atoms with Gasteiger partial charge in [-0.3, -0.25) is 0 Å². The SMILES string of the molecule is CCCn1cccc1-c1cccs1. The molecule has 0 aliphatic carbocycles. The molecule has 0 atom stereocenters. The van der Waals surface area contributed by atoms with Gasteiger partial charge in [-0.2, -0.15) is 0 Å². The lowest BCUT2D eigenvalue weighted by Crippen LogP contribution is -1.95. The van der Waals surface area contributed by atoms with E-state index >= 15 is 0 Å². The van der Waals surface area contributed by atoms with E-state index in [0.717, 1.165) is 6.54 Å². The van der Waals surface area contributed by atoms with Gasteiger partial charge in [0.25, 0.3) is 0 Å². The standard InChI is InChI=1S/C11H13NS/c1-2-7-12-8-3-5-10(12)11-6-4-9-13-11/h3-6,8-9H,2,7H2,1H3. The zero-order valence-electron chi connectivity index (χ0n) is 7.73. The Bertz CT molecular complexity index is 359. The molecule has 2 aromatic rings. The van der Waals surface area contributed by atoms with E-state index in [1.807, 2.05) is 0 Å². The number of rotatable bonds is 3. The van der Waals surface area contributed by atoms with Crippen molar-refractivity contribution in [3.63, 3.8) is 0 Å². The number of aryl methyl sites for hydroxylation is 1. The Kier molecular flexibility index (Phi) is 2.50. The van der Waals surface area contributed by atoms with E-state index in [4.69, 9.17) is 0 Å². The van der Waals surface area contributed by atoms with Crippen molar-refractivity contribution in [2.45, 2.75) is 19.9 Å². The maximum atomic E-state index is 2.31. The minimum Gasteiger partial charge on any atom is -0.347 e. The Morgan fingerprint density at radius 2 is 2.23 bits per heavy atom. The fourth-order valence-corrected chi connectivity index (χ4v) is 2.26. The third-order valence-electron chi connectivity index (χ3n) is 2.07. The van der Waals surface area contributed by atoms with E-state index in [9.17, 15) is 0 Å². The second-order valence-corrected chi connectivity index (χ2v) is 4.01. The summed E-state index contributed by atoms with van der Waals surface area (Å²) in [5.74, 6) is 0. The van der Waals surface area contributed by atoms with Gasteiger partial charge in [0.15, 0.2) is 0 Å². The summed E-state index contributed by atoms with van der Waals surface area (Å²) in [5, 5.41) is 2.12. The van der Waals surface area contributed by atoms with Gasteiger partial charge in [0, 0.05) is 12.7 Å². The van der Waals surface area contributed by atoms with Crippen molar-refractivity contribution in [2.24, 2.45) is 0 Å². The van der Waals surface area contributed by atoms with Gasteiger partial charge in [0.1, 0.15) is 0 Å². The molecule has 0 fully saturated rings. The summed E-state index contributed by atoms with van der Waals surface area (Å²) in [7, 11) is 0. The average Bonchev–Trinajstić information content (AvgIpc) is 2.71. The lowest BCUT2D eigenvalue weighted by atomic mass is 10.3. The molecule has 0 bridgehead atoms. The third-order valence-corrected chi connectivity index (χ3v) is 2.96. The van der Waals surface area contributed by atoms with E-state index in [1.54, 1.807) is 11.3 Å². The molecule has 13 heavy (non-hydrogen) atoms. The molecule has 2 heterocycles. The van der Waals surface area contributed by atoms with Gasteiger partial charge in [0.2, 0.25) is 0 Å². The summed E-state index contributed by atoms with van der Waals surface area (Å²) in [4.78, 5) is 1.36. The fourth-order valence-electron chi connectivity index (χ4n) is 1.50. The largest absolute Gasteiger partial charge is 0.347 e. The van der Waals surface area contributed by atoms with Crippen LogP contribution in [0.4, 0.5) is 0 Å². The Hall–Kier alpha value is -1.02. The van der Waals surface area contributed by atoms with E-state index in [2.05, 4.69) is 47.3 Å². The second kappa shape index (κ2) is 3.79. The van der Waals surface area contributed by atoms with Crippen LogP contribution in [0.3, 0.4) is 0 Å². The van der Waals surface area contributed by atoms with Crippen molar-refractivity contribution in [3.8, 4) is 10.6 Å². The molecular weight excluding hydrogens is 178 g/mol. The molecule has 68 valence electrons. The Balaban J connectivity index is 2.35. The van der Waals surface area contributed by atoms with Crippen molar-refractivity contribution in [3.05, 3.63) is 35.8 Å². The minimum absolute atomic E-state index is 1.11. The van der Waals surface area contributed by atoms with Gasteiger partial charge in [-0.1, -0.05) is 13.0 Å². The van der Waals surface area contributed by atoms with Crippen molar-refractivity contribution >= 4 is 11.3 Å². The smallest absolute Gasteiger partial charge is 0.0581 e. The predicted octanol–water partition coefficient (Wildman–Crippen LogP) is 3.63. The Morgan fingerprint density at radius 1 is 1.31 bits per heavy atom. The van der Waals surface area contributed by atoms with Crippen LogP contribution in [0.25, 0.3) is 10.6 Å². The zero-order valence-corrected chi connectivity index (χ0v) is 8.55. The van der Waals surface area contributed by atoms with Gasteiger partial charge in [-0.15, -0.1) is 11.3 Å². The molecule has 0 unspecified atom stereocenters. The van der Waals surface area contributed by atoms with Crippen molar-refractivity contribution in [2.75, 3.05) is 0 Å². The molecule has 0 amide bonds. The molecule has 0 saturated carbocycles. The molecule has 0 aliphatic rings. The first-order valence-corrected chi connectivity index (χ1v) is 5.49. The van der Waals surface area contributed by atoms with E-state index in [0.29, 0.717) is 0 Å². The number of aromatic nitrogens is 1. The number of nitrogens with zero attached hydrogens (tertiary/aromatic N) is 1. The summed E-state index contributed by atoms with van der Waals surface area (Å²) in [6.45, 7) is 3.32. The van der Waals surface area contributed by atoms with Gasteiger partial charge in [-0.05, 0) is 30.0 Å². The molecule has 2 rings (SSSR count). The van der Waals surface area contributed by atoms with Crippen molar-refractivity contribution < 1.29 is 0 Å². The number of thiophene rings is 1. The van der Waals surface area contributed by atoms with Crippen LogP contribution in [0.5, 0.6) is 0 Å². The van der Waals surface area contributed by atoms with Gasteiger partial charge in [-0.25, -0.2) is 0 Å². The van der Waals surface area contributed by atoms with Crippen LogP contribution < -0.4 is 0 Å². The number of hydrogen-bond donors (Lipinski definition) is 0. The van der Waals surface area contributed by atoms with Gasteiger partial charge < -0.3 is 4.57 Å². The summed E-state index contributed by atoms with van der Waals surface area (Å²) in [6.07, 6.45) is 3.34. The molecule has 0 radical (unpaired) electrons. The Morgan fingerprint density at radius 3 is 2.92 bits per heavy atom. The van der Waals surface area contributed by atoms with Crippen LogP contribution in [-0.4, -0.2) is 4.57 Å². The predicted molar refractivity (Wildman–Crippen MR) is 58.0 cm³/mol. The van der Waals surface area contributed by atoms with Crippen LogP contribution in [0.2, 0.25) is 0 Å². The molecule has 0 aromatic carbocycles. The summed E-state index contributed by atoms with van der Waals surface area (Å²) in [5.41, 5.74) is 1.34. The Labute approximate surface area is 82.6 Å². The molecule has 2 heteroatoms. The lowest BCUT2D eigenvalue weighted by molar-refractivity contribution is 0.690. The number of hydrogen-bond acceptors (Lipinski definition) is 1. The van der Waals surface area contributed by atoms with Crippen LogP contribution >= 0.6 is 11.3 Å². The summed E-state index contributed by atoms with van der Waals surface area (Å²) < 4.78 is 2.31. The van der Waals surface area contributed by atoms with Crippen LogP contribution in [0.1, 0.15) is 13.3 Å². The topological polar surface area (TPSA) is 4.93 Å². The molecule has 2 aromatic heterocycles. The third kappa shape index (κ3) is 1.68. The highest BCUT2D eigenvalue weighted by Crippen LogP contribution is 2.25. The minimum atomic E-state index is 1.11. The van der Waals surface area contributed by atoms with Crippen LogP contribution in [0.15, 0.2) is 35.8 Å². The van der Waals surface area contributed by atoms with Gasteiger partial charge in [0.05, 0.1) is 10.6 Å². The van der Waals surface area contributed by atoms with Crippen molar-refractivity contribution in [1.29, 1.82) is 0 Å². The quantitative estimate of drug-likeness (QED) is 0.698. The summed E-state index contributed by atoms with van der Waals surface area (Å²) in [6, 6.07) is 8.57. The lowest BCUT2D eigenvalue weighted by Gasteiger charge is -2.04.